The van der Waals surface area contributed by atoms with Gasteiger partial charge in [-0.1, -0.05) is 6.07 Å². The molecule has 0 amide bonds. The van der Waals surface area contributed by atoms with Crippen LogP contribution in [0.4, 0.5) is 5.69 Å². The number of rotatable bonds is 3. The van der Waals surface area contributed by atoms with Crippen LogP contribution in [0, 0.1) is 13.8 Å². The highest BCUT2D eigenvalue weighted by molar-refractivity contribution is 8.17. The molecule has 0 radical (unpaired) electrons. The summed E-state index contributed by atoms with van der Waals surface area (Å²) in [6.45, 7) is 7.11. The van der Waals surface area contributed by atoms with Crippen molar-refractivity contribution >= 4 is 22.6 Å². The summed E-state index contributed by atoms with van der Waals surface area (Å²) in [5.74, 6) is 0. The molecule has 1 aromatic rings. The standard InChI is InChI=1S/C16H21N3O2S/c1-10-3-4-12(9-11(10)2)18-14-13(17)16(20)22-15(14)19-5-7-21-8-6-19/h3-4,9,13,18H,5-8,17H2,1-2H3. The molecule has 118 valence electrons. The number of nitrogens with zero attached hydrogens (tertiary/aromatic N) is 1. The number of ether oxygens (including phenoxy) is 1. The molecule has 0 saturated carbocycles. The van der Waals surface area contributed by atoms with Gasteiger partial charge in [0.25, 0.3) is 0 Å². The molecule has 2 heterocycles. The molecule has 1 aromatic carbocycles. The normalized spacial score (nSPS) is 22.4. The van der Waals surface area contributed by atoms with Gasteiger partial charge in [0.1, 0.15) is 11.1 Å². The largest absolute Gasteiger partial charge is 0.378 e. The molecule has 2 aliphatic heterocycles. The predicted octanol–water partition coefficient (Wildman–Crippen LogP) is 1.82. The summed E-state index contributed by atoms with van der Waals surface area (Å²) in [7, 11) is 0. The van der Waals surface area contributed by atoms with E-state index in [-0.39, 0.29) is 5.12 Å². The van der Waals surface area contributed by atoms with Gasteiger partial charge in [0, 0.05) is 18.8 Å². The van der Waals surface area contributed by atoms with Crippen molar-refractivity contribution in [3.8, 4) is 0 Å². The molecule has 1 fully saturated rings. The summed E-state index contributed by atoms with van der Waals surface area (Å²) in [4.78, 5) is 14.2. The molecule has 0 spiro atoms. The van der Waals surface area contributed by atoms with E-state index in [1.54, 1.807) is 0 Å². The highest BCUT2D eigenvalue weighted by Crippen LogP contribution is 2.35. The number of hydrogen-bond acceptors (Lipinski definition) is 6. The minimum Gasteiger partial charge on any atom is -0.378 e. The topological polar surface area (TPSA) is 67.6 Å². The van der Waals surface area contributed by atoms with Crippen molar-refractivity contribution in [2.24, 2.45) is 5.73 Å². The van der Waals surface area contributed by atoms with Gasteiger partial charge in [-0.05, 0) is 48.9 Å². The minimum absolute atomic E-state index is 0.00664. The molecule has 3 N–H and O–H groups in total. The van der Waals surface area contributed by atoms with E-state index in [1.807, 2.05) is 6.07 Å². The van der Waals surface area contributed by atoms with Gasteiger partial charge in [-0.25, -0.2) is 0 Å². The van der Waals surface area contributed by atoms with Gasteiger partial charge < -0.3 is 20.7 Å². The van der Waals surface area contributed by atoms with E-state index in [9.17, 15) is 4.79 Å². The second kappa shape index (κ2) is 6.32. The van der Waals surface area contributed by atoms with Gasteiger partial charge in [0.2, 0.25) is 5.12 Å². The number of benzene rings is 1. The summed E-state index contributed by atoms with van der Waals surface area (Å²) in [5.41, 5.74) is 10.3. The SMILES string of the molecule is Cc1ccc(NC2=C(N3CCOCC3)SC(=O)C2N)cc1C. The molecule has 1 atom stereocenters. The highest BCUT2D eigenvalue weighted by Gasteiger charge is 2.35. The Morgan fingerprint density at radius 2 is 2.00 bits per heavy atom. The van der Waals surface area contributed by atoms with Crippen molar-refractivity contribution in [1.29, 1.82) is 0 Å². The van der Waals surface area contributed by atoms with E-state index < -0.39 is 6.04 Å². The highest BCUT2D eigenvalue weighted by atomic mass is 32.2. The van der Waals surface area contributed by atoms with Crippen molar-refractivity contribution in [1.82, 2.24) is 4.90 Å². The van der Waals surface area contributed by atoms with Gasteiger partial charge in [0.15, 0.2) is 0 Å². The lowest BCUT2D eigenvalue weighted by molar-refractivity contribution is -0.111. The van der Waals surface area contributed by atoms with E-state index in [1.165, 1.54) is 22.9 Å². The van der Waals surface area contributed by atoms with Crippen LogP contribution >= 0.6 is 11.8 Å². The van der Waals surface area contributed by atoms with Gasteiger partial charge >= 0.3 is 0 Å². The van der Waals surface area contributed by atoms with Crippen molar-refractivity contribution in [2.75, 3.05) is 31.6 Å². The van der Waals surface area contributed by atoms with Crippen LogP contribution in [0.1, 0.15) is 11.1 Å². The average Bonchev–Trinajstić information content (AvgIpc) is 2.80. The summed E-state index contributed by atoms with van der Waals surface area (Å²) >= 11 is 1.24. The van der Waals surface area contributed by atoms with Gasteiger partial charge in [-0.3, -0.25) is 4.79 Å². The average molecular weight is 319 g/mol. The first-order valence-electron chi connectivity index (χ1n) is 7.44. The monoisotopic (exact) mass is 319 g/mol. The second-order valence-corrected chi connectivity index (χ2v) is 6.63. The fraction of sp³-hybridized carbons (Fsp3) is 0.438. The van der Waals surface area contributed by atoms with Crippen LogP contribution in [0.5, 0.6) is 0 Å². The number of aryl methyl sites for hydroxylation is 2. The maximum atomic E-state index is 12.0. The molecule has 0 bridgehead atoms. The summed E-state index contributed by atoms with van der Waals surface area (Å²) in [6, 6.07) is 5.58. The van der Waals surface area contributed by atoms with Crippen molar-refractivity contribution in [3.63, 3.8) is 0 Å². The molecular formula is C16H21N3O2S. The molecular weight excluding hydrogens is 298 g/mol. The van der Waals surface area contributed by atoms with E-state index in [0.29, 0.717) is 13.2 Å². The number of nitrogens with two attached hydrogens (primary N) is 1. The molecule has 6 heteroatoms. The van der Waals surface area contributed by atoms with Crippen molar-refractivity contribution in [3.05, 3.63) is 40.1 Å². The summed E-state index contributed by atoms with van der Waals surface area (Å²) in [5, 5.41) is 4.30. The van der Waals surface area contributed by atoms with Crippen LogP contribution in [0.3, 0.4) is 0 Å². The summed E-state index contributed by atoms with van der Waals surface area (Å²) in [6.07, 6.45) is 0. The number of carbonyl (C=O) groups excluding carboxylic acids is 1. The number of thioether (sulfide) groups is 1. The number of anilines is 1. The summed E-state index contributed by atoms with van der Waals surface area (Å²) < 4.78 is 5.39. The predicted molar refractivity (Wildman–Crippen MR) is 89.5 cm³/mol. The smallest absolute Gasteiger partial charge is 0.217 e. The zero-order chi connectivity index (χ0) is 15.7. The molecule has 0 aliphatic carbocycles. The van der Waals surface area contributed by atoms with Crippen LogP contribution in [0.15, 0.2) is 28.9 Å². The van der Waals surface area contributed by atoms with Crippen molar-refractivity contribution < 1.29 is 9.53 Å². The molecule has 1 saturated heterocycles. The number of hydrogen-bond donors (Lipinski definition) is 2. The quantitative estimate of drug-likeness (QED) is 0.886. The second-order valence-electron chi connectivity index (χ2n) is 5.64. The zero-order valence-corrected chi connectivity index (χ0v) is 13.7. The minimum atomic E-state index is -0.593. The van der Waals surface area contributed by atoms with Crippen LogP contribution < -0.4 is 11.1 Å². The number of carbonyl (C=O) groups is 1. The van der Waals surface area contributed by atoms with Gasteiger partial charge in [0.05, 0.1) is 18.9 Å². The third kappa shape index (κ3) is 2.99. The Balaban J connectivity index is 1.88. The molecule has 22 heavy (non-hydrogen) atoms. The first-order valence-corrected chi connectivity index (χ1v) is 8.26. The molecule has 0 aromatic heterocycles. The van der Waals surface area contributed by atoms with E-state index in [2.05, 4.69) is 36.2 Å². The Kier molecular flexibility index (Phi) is 4.42. The van der Waals surface area contributed by atoms with Gasteiger partial charge in [-0.15, -0.1) is 0 Å². The van der Waals surface area contributed by atoms with Crippen LogP contribution in [-0.4, -0.2) is 42.4 Å². The number of morpholine rings is 1. The molecule has 3 rings (SSSR count). The Morgan fingerprint density at radius 1 is 1.27 bits per heavy atom. The third-order valence-corrected chi connectivity index (χ3v) is 5.20. The Morgan fingerprint density at radius 3 is 2.68 bits per heavy atom. The Bertz CT molecular complexity index is 624. The first-order chi connectivity index (χ1) is 10.6. The Labute approximate surface area is 134 Å². The lowest BCUT2D eigenvalue weighted by Gasteiger charge is -2.30. The Hall–Kier alpha value is -1.50. The first kappa shape index (κ1) is 15.4. The van der Waals surface area contributed by atoms with Gasteiger partial charge in [-0.2, -0.15) is 0 Å². The molecule has 5 nitrogen and oxygen atoms in total. The van der Waals surface area contributed by atoms with E-state index in [0.717, 1.165) is 29.5 Å². The van der Waals surface area contributed by atoms with Crippen LogP contribution in [0.25, 0.3) is 0 Å². The maximum absolute atomic E-state index is 12.0. The van der Waals surface area contributed by atoms with Crippen molar-refractivity contribution in [2.45, 2.75) is 19.9 Å². The molecule has 2 aliphatic rings. The third-order valence-electron chi connectivity index (χ3n) is 4.08. The fourth-order valence-electron chi connectivity index (χ4n) is 2.57. The van der Waals surface area contributed by atoms with E-state index >= 15 is 0 Å². The lowest BCUT2D eigenvalue weighted by atomic mass is 10.1. The van der Waals surface area contributed by atoms with Crippen LogP contribution in [0.2, 0.25) is 0 Å². The number of nitrogens with one attached hydrogen (secondary N) is 1. The maximum Gasteiger partial charge on any atom is 0.217 e. The lowest BCUT2D eigenvalue weighted by Crippen LogP contribution is -2.36. The molecule has 1 unspecified atom stereocenters. The zero-order valence-electron chi connectivity index (χ0n) is 12.9. The van der Waals surface area contributed by atoms with Crippen LogP contribution in [-0.2, 0) is 9.53 Å². The van der Waals surface area contributed by atoms with E-state index in [4.69, 9.17) is 10.5 Å². The fourth-order valence-corrected chi connectivity index (χ4v) is 3.61.